The third-order valence-electron chi connectivity index (χ3n) is 3.68. The molecule has 0 aromatic carbocycles. The van der Waals surface area contributed by atoms with Crippen LogP contribution in [0.5, 0.6) is 0 Å². The molecule has 0 aromatic heterocycles. The molecule has 0 saturated carbocycles. The van der Waals surface area contributed by atoms with E-state index in [1.807, 2.05) is 0 Å². The lowest BCUT2D eigenvalue weighted by Gasteiger charge is -1.99. The summed E-state index contributed by atoms with van der Waals surface area (Å²) in [5.41, 5.74) is 5.47. The predicted octanol–water partition coefficient (Wildman–Crippen LogP) is 5.16. The van der Waals surface area contributed by atoms with Crippen molar-refractivity contribution in [2.45, 2.75) is 89.9 Å². The number of aldehydes is 1. The summed E-state index contributed by atoms with van der Waals surface area (Å²) in [4.78, 5) is 10.1. The standard InChI is InChI=1S/C18H35NO/c19-17-15-13-11-9-7-5-3-1-2-4-6-8-10-12-14-16-18-20/h1-2,18H,3-17,19H2/b2-1-. The van der Waals surface area contributed by atoms with Crippen molar-refractivity contribution in [3.05, 3.63) is 12.2 Å². The van der Waals surface area contributed by atoms with E-state index in [1.54, 1.807) is 0 Å². The molecule has 0 amide bonds. The monoisotopic (exact) mass is 281 g/mol. The lowest BCUT2D eigenvalue weighted by molar-refractivity contribution is -0.107. The average molecular weight is 281 g/mol. The van der Waals surface area contributed by atoms with Crippen LogP contribution in [-0.4, -0.2) is 12.8 Å². The molecule has 0 aliphatic rings. The van der Waals surface area contributed by atoms with Crippen molar-refractivity contribution in [2.24, 2.45) is 5.73 Å². The van der Waals surface area contributed by atoms with Crippen LogP contribution in [0, 0.1) is 0 Å². The number of allylic oxidation sites excluding steroid dienone is 2. The minimum atomic E-state index is 0.742. The van der Waals surface area contributed by atoms with Gasteiger partial charge in [-0.3, -0.25) is 0 Å². The highest BCUT2D eigenvalue weighted by atomic mass is 16.1. The zero-order valence-electron chi connectivity index (χ0n) is 13.3. The second-order valence-corrected chi connectivity index (χ2v) is 5.68. The van der Waals surface area contributed by atoms with Crippen LogP contribution in [-0.2, 0) is 4.79 Å². The van der Waals surface area contributed by atoms with E-state index in [-0.39, 0.29) is 0 Å². The quantitative estimate of drug-likeness (QED) is 0.241. The first-order chi connectivity index (χ1) is 9.91. The van der Waals surface area contributed by atoms with Crippen molar-refractivity contribution in [1.29, 1.82) is 0 Å². The van der Waals surface area contributed by atoms with E-state index < -0.39 is 0 Å². The van der Waals surface area contributed by atoms with E-state index >= 15 is 0 Å². The fraction of sp³-hybridized carbons (Fsp3) is 0.833. The SMILES string of the molecule is NCCCCCCCC/C=C\CCCCCCCC=O. The van der Waals surface area contributed by atoms with E-state index in [0.29, 0.717) is 0 Å². The van der Waals surface area contributed by atoms with Gasteiger partial charge < -0.3 is 10.5 Å². The molecule has 0 atom stereocenters. The summed E-state index contributed by atoms with van der Waals surface area (Å²) in [5, 5.41) is 0. The number of hydrogen-bond donors (Lipinski definition) is 1. The Labute approximate surface area is 126 Å². The fourth-order valence-corrected chi connectivity index (χ4v) is 2.37. The number of nitrogens with two attached hydrogens (primary N) is 1. The van der Waals surface area contributed by atoms with Crippen LogP contribution < -0.4 is 5.73 Å². The maximum Gasteiger partial charge on any atom is 0.119 e. The van der Waals surface area contributed by atoms with Crippen molar-refractivity contribution in [2.75, 3.05) is 6.54 Å². The van der Waals surface area contributed by atoms with Gasteiger partial charge in [0.2, 0.25) is 0 Å². The molecular formula is C18H35NO. The Morgan fingerprint density at radius 2 is 0.950 bits per heavy atom. The third kappa shape index (κ3) is 17.4. The first-order valence-corrected chi connectivity index (χ1v) is 8.70. The van der Waals surface area contributed by atoms with Gasteiger partial charge in [0, 0.05) is 6.42 Å². The molecule has 20 heavy (non-hydrogen) atoms. The molecule has 2 heteroatoms. The van der Waals surface area contributed by atoms with Gasteiger partial charge in [-0.05, 0) is 45.1 Å². The molecule has 2 N–H and O–H groups in total. The Hall–Kier alpha value is -0.630. The molecule has 0 aliphatic heterocycles. The van der Waals surface area contributed by atoms with E-state index in [9.17, 15) is 4.79 Å². The minimum Gasteiger partial charge on any atom is -0.330 e. The molecule has 0 bridgehead atoms. The van der Waals surface area contributed by atoms with Crippen LogP contribution in [0.2, 0.25) is 0 Å². The molecule has 0 aromatic rings. The van der Waals surface area contributed by atoms with Crippen LogP contribution in [0.3, 0.4) is 0 Å². The van der Waals surface area contributed by atoms with Gasteiger partial charge in [0.25, 0.3) is 0 Å². The number of carbonyl (C=O) groups excluding carboxylic acids is 1. The van der Waals surface area contributed by atoms with Crippen LogP contribution >= 0.6 is 0 Å². The van der Waals surface area contributed by atoms with Gasteiger partial charge in [0.05, 0.1) is 0 Å². The van der Waals surface area contributed by atoms with Gasteiger partial charge >= 0.3 is 0 Å². The van der Waals surface area contributed by atoms with Gasteiger partial charge in [-0.15, -0.1) is 0 Å². The number of carbonyl (C=O) groups is 1. The molecule has 0 saturated heterocycles. The van der Waals surface area contributed by atoms with Gasteiger partial charge in [0.15, 0.2) is 0 Å². The maximum atomic E-state index is 10.1. The zero-order valence-corrected chi connectivity index (χ0v) is 13.3. The Balaban J connectivity index is 3.03. The summed E-state index contributed by atoms with van der Waals surface area (Å²) >= 11 is 0. The lowest BCUT2D eigenvalue weighted by Crippen LogP contribution is -1.97. The van der Waals surface area contributed by atoms with Gasteiger partial charge in [0.1, 0.15) is 6.29 Å². The number of unbranched alkanes of at least 4 members (excludes halogenated alkanes) is 12. The second-order valence-electron chi connectivity index (χ2n) is 5.68. The van der Waals surface area contributed by atoms with E-state index in [4.69, 9.17) is 5.73 Å². The third-order valence-corrected chi connectivity index (χ3v) is 3.68. The Morgan fingerprint density at radius 1 is 0.550 bits per heavy atom. The van der Waals surface area contributed by atoms with E-state index in [1.165, 1.54) is 77.0 Å². The lowest BCUT2D eigenvalue weighted by atomic mass is 10.1. The largest absolute Gasteiger partial charge is 0.330 e. The van der Waals surface area contributed by atoms with Crippen LogP contribution in [0.1, 0.15) is 89.9 Å². The summed E-state index contributed by atoms with van der Waals surface area (Å²) in [6, 6.07) is 0. The number of rotatable bonds is 16. The predicted molar refractivity (Wildman–Crippen MR) is 88.9 cm³/mol. The highest BCUT2D eigenvalue weighted by Crippen LogP contribution is 2.09. The van der Waals surface area contributed by atoms with E-state index in [2.05, 4.69) is 12.2 Å². The molecule has 118 valence electrons. The molecule has 0 fully saturated rings. The maximum absolute atomic E-state index is 10.1. The average Bonchev–Trinajstić information content (AvgIpc) is 2.47. The molecule has 0 spiro atoms. The summed E-state index contributed by atoms with van der Waals surface area (Å²) in [6.45, 7) is 0.847. The summed E-state index contributed by atoms with van der Waals surface area (Å²) < 4.78 is 0. The van der Waals surface area contributed by atoms with Gasteiger partial charge in [-0.2, -0.15) is 0 Å². The molecular weight excluding hydrogens is 246 g/mol. The summed E-state index contributed by atoms with van der Waals surface area (Å²) in [7, 11) is 0. The fourth-order valence-electron chi connectivity index (χ4n) is 2.37. The molecule has 0 rings (SSSR count). The minimum absolute atomic E-state index is 0.742. The summed E-state index contributed by atoms with van der Waals surface area (Å²) in [6.07, 6.45) is 23.0. The molecule has 0 radical (unpaired) electrons. The highest BCUT2D eigenvalue weighted by molar-refractivity contribution is 5.48. The van der Waals surface area contributed by atoms with Crippen LogP contribution in [0.15, 0.2) is 12.2 Å². The first-order valence-electron chi connectivity index (χ1n) is 8.70. The topological polar surface area (TPSA) is 43.1 Å². The Kier molecular flexibility index (Phi) is 17.8. The first kappa shape index (κ1) is 19.4. The van der Waals surface area contributed by atoms with Crippen molar-refractivity contribution in [1.82, 2.24) is 0 Å². The summed E-state index contributed by atoms with van der Waals surface area (Å²) in [5.74, 6) is 0. The Bertz CT molecular complexity index is 213. The van der Waals surface area contributed by atoms with Crippen molar-refractivity contribution in [3.63, 3.8) is 0 Å². The zero-order chi connectivity index (χ0) is 14.7. The smallest absolute Gasteiger partial charge is 0.119 e. The molecule has 0 aliphatic carbocycles. The normalized spacial score (nSPS) is 11.2. The number of hydrogen-bond acceptors (Lipinski definition) is 2. The van der Waals surface area contributed by atoms with Crippen molar-refractivity contribution >= 4 is 6.29 Å². The van der Waals surface area contributed by atoms with Gasteiger partial charge in [-0.1, -0.05) is 57.1 Å². The van der Waals surface area contributed by atoms with Crippen molar-refractivity contribution < 1.29 is 4.79 Å². The van der Waals surface area contributed by atoms with Crippen LogP contribution in [0.25, 0.3) is 0 Å². The molecule has 0 heterocycles. The Morgan fingerprint density at radius 3 is 1.40 bits per heavy atom. The molecule has 0 unspecified atom stereocenters. The molecule has 2 nitrogen and oxygen atoms in total. The van der Waals surface area contributed by atoms with Crippen LogP contribution in [0.4, 0.5) is 0 Å². The van der Waals surface area contributed by atoms with Gasteiger partial charge in [-0.25, -0.2) is 0 Å². The second kappa shape index (κ2) is 18.4. The highest BCUT2D eigenvalue weighted by Gasteiger charge is 1.90. The van der Waals surface area contributed by atoms with Crippen molar-refractivity contribution in [3.8, 4) is 0 Å². The van der Waals surface area contributed by atoms with E-state index in [0.717, 1.165) is 25.7 Å².